The van der Waals surface area contributed by atoms with Gasteiger partial charge in [-0.25, -0.2) is 15.0 Å². The van der Waals surface area contributed by atoms with Gasteiger partial charge in [0.05, 0.1) is 6.20 Å². The predicted octanol–water partition coefficient (Wildman–Crippen LogP) is 1.26. The van der Waals surface area contributed by atoms with Gasteiger partial charge < -0.3 is 9.88 Å². The van der Waals surface area contributed by atoms with Crippen molar-refractivity contribution in [3.8, 4) is 0 Å². The Labute approximate surface area is 104 Å². The number of anilines is 1. The highest BCUT2D eigenvalue weighted by molar-refractivity contribution is 6.02. The number of imidazole rings is 1. The molecule has 0 fully saturated rings. The molecule has 6 nitrogen and oxygen atoms in total. The molecule has 0 saturated heterocycles. The maximum atomic E-state index is 12.0. The van der Waals surface area contributed by atoms with Gasteiger partial charge in [-0.15, -0.1) is 0 Å². The number of carbonyl (C=O) groups excluding carboxylic acids is 1. The second-order valence-electron chi connectivity index (χ2n) is 4.22. The van der Waals surface area contributed by atoms with Crippen LogP contribution in [0.5, 0.6) is 0 Å². The average molecular weight is 243 g/mol. The lowest BCUT2D eigenvalue weighted by molar-refractivity contribution is 0.102. The lowest BCUT2D eigenvalue weighted by Crippen LogP contribution is -2.19. The second kappa shape index (κ2) is 4.56. The molecule has 0 aromatic carbocycles. The van der Waals surface area contributed by atoms with Crippen LogP contribution in [-0.2, 0) is 13.0 Å². The van der Waals surface area contributed by atoms with Crippen molar-refractivity contribution in [3.63, 3.8) is 0 Å². The van der Waals surface area contributed by atoms with Crippen molar-refractivity contribution in [2.75, 3.05) is 5.32 Å². The third-order valence-electron chi connectivity index (χ3n) is 3.03. The van der Waals surface area contributed by atoms with E-state index >= 15 is 0 Å². The fraction of sp³-hybridized carbons (Fsp3) is 0.333. The molecule has 2 aromatic heterocycles. The highest BCUT2D eigenvalue weighted by Crippen LogP contribution is 2.19. The Kier molecular flexibility index (Phi) is 2.76. The van der Waals surface area contributed by atoms with Gasteiger partial charge in [0, 0.05) is 19.2 Å². The normalized spacial score (nSPS) is 14.0. The predicted molar refractivity (Wildman–Crippen MR) is 65.2 cm³/mol. The minimum absolute atomic E-state index is 0.231. The van der Waals surface area contributed by atoms with Crippen LogP contribution in [0.1, 0.15) is 29.2 Å². The summed E-state index contributed by atoms with van der Waals surface area (Å²) in [4.78, 5) is 24.0. The van der Waals surface area contributed by atoms with E-state index in [1.165, 1.54) is 6.33 Å². The van der Waals surface area contributed by atoms with Crippen molar-refractivity contribution in [1.29, 1.82) is 0 Å². The van der Waals surface area contributed by atoms with Crippen LogP contribution < -0.4 is 5.32 Å². The van der Waals surface area contributed by atoms with Gasteiger partial charge in [-0.3, -0.25) is 4.79 Å². The van der Waals surface area contributed by atoms with Gasteiger partial charge in [-0.1, -0.05) is 0 Å². The Bertz CT molecular complexity index is 563. The second-order valence-corrected chi connectivity index (χ2v) is 4.22. The van der Waals surface area contributed by atoms with E-state index in [4.69, 9.17) is 0 Å². The fourth-order valence-electron chi connectivity index (χ4n) is 2.12. The molecule has 2 aromatic rings. The van der Waals surface area contributed by atoms with Crippen molar-refractivity contribution in [2.45, 2.75) is 25.8 Å². The summed E-state index contributed by atoms with van der Waals surface area (Å²) in [5, 5.41) is 2.84. The molecule has 1 aliphatic rings. The third-order valence-corrected chi connectivity index (χ3v) is 3.03. The number of hydrogen-bond donors (Lipinski definition) is 1. The van der Waals surface area contributed by atoms with Crippen LogP contribution in [0.4, 0.5) is 5.82 Å². The lowest BCUT2D eigenvalue weighted by Gasteiger charge is -2.16. The molecule has 92 valence electrons. The minimum atomic E-state index is -0.231. The maximum Gasteiger partial charge on any atom is 0.275 e. The highest BCUT2D eigenvalue weighted by Gasteiger charge is 2.16. The number of nitrogens with one attached hydrogen (secondary N) is 1. The van der Waals surface area contributed by atoms with Gasteiger partial charge in [-0.05, 0) is 18.9 Å². The molecular weight excluding hydrogens is 230 g/mol. The quantitative estimate of drug-likeness (QED) is 0.861. The first kappa shape index (κ1) is 10.9. The third kappa shape index (κ3) is 1.97. The standard InChI is InChI=1S/C12H13N5O/c18-12(9-4-5-13-8-15-9)16-11-7-14-10-3-1-2-6-17(10)11/h4-5,7-8H,1-3,6H2,(H,16,18). The molecule has 18 heavy (non-hydrogen) atoms. The summed E-state index contributed by atoms with van der Waals surface area (Å²) in [6.45, 7) is 0.911. The van der Waals surface area contributed by atoms with Crippen LogP contribution in [-0.4, -0.2) is 25.4 Å². The first-order valence-corrected chi connectivity index (χ1v) is 5.96. The Balaban J connectivity index is 1.81. The van der Waals surface area contributed by atoms with Crippen molar-refractivity contribution in [3.05, 3.63) is 36.3 Å². The molecule has 3 rings (SSSR count). The molecule has 0 radical (unpaired) electrons. The van der Waals surface area contributed by atoms with Gasteiger partial charge in [0.15, 0.2) is 0 Å². The van der Waals surface area contributed by atoms with E-state index in [9.17, 15) is 4.79 Å². The molecule has 0 unspecified atom stereocenters. The molecule has 3 heterocycles. The van der Waals surface area contributed by atoms with E-state index in [-0.39, 0.29) is 5.91 Å². The summed E-state index contributed by atoms with van der Waals surface area (Å²) < 4.78 is 2.06. The lowest BCUT2D eigenvalue weighted by atomic mass is 10.2. The molecule has 0 aliphatic carbocycles. The van der Waals surface area contributed by atoms with Crippen LogP contribution in [0.15, 0.2) is 24.8 Å². The zero-order chi connectivity index (χ0) is 12.4. The number of aryl methyl sites for hydroxylation is 1. The summed E-state index contributed by atoms with van der Waals surface area (Å²) in [6.07, 6.45) is 7.88. The molecular formula is C12H13N5O. The van der Waals surface area contributed by atoms with Crippen LogP contribution in [0.3, 0.4) is 0 Å². The summed E-state index contributed by atoms with van der Waals surface area (Å²) >= 11 is 0. The summed E-state index contributed by atoms with van der Waals surface area (Å²) in [7, 11) is 0. The number of hydrogen-bond acceptors (Lipinski definition) is 4. The Hall–Kier alpha value is -2.24. The van der Waals surface area contributed by atoms with Gasteiger partial charge >= 0.3 is 0 Å². The van der Waals surface area contributed by atoms with Crippen molar-refractivity contribution in [1.82, 2.24) is 19.5 Å². The van der Waals surface area contributed by atoms with E-state index in [1.807, 2.05) is 0 Å². The molecule has 1 N–H and O–H groups in total. The first-order chi connectivity index (χ1) is 8.84. The van der Waals surface area contributed by atoms with E-state index < -0.39 is 0 Å². The monoisotopic (exact) mass is 243 g/mol. The number of aromatic nitrogens is 4. The molecule has 0 atom stereocenters. The topological polar surface area (TPSA) is 72.7 Å². The van der Waals surface area contributed by atoms with Crippen LogP contribution in [0.25, 0.3) is 0 Å². The van der Waals surface area contributed by atoms with Gasteiger partial charge in [0.2, 0.25) is 0 Å². The molecule has 1 aliphatic heterocycles. The number of carbonyl (C=O) groups is 1. The smallest absolute Gasteiger partial charge is 0.275 e. The van der Waals surface area contributed by atoms with Gasteiger partial charge in [0.25, 0.3) is 5.91 Å². The Morgan fingerprint density at radius 1 is 1.33 bits per heavy atom. The average Bonchev–Trinajstić information content (AvgIpc) is 2.83. The molecule has 0 spiro atoms. The largest absolute Gasteiger partial charge is 0.315 e. The number of nitrogens with zero attached hydrogens (tertiary/aromatic N) is 4. The maximum absolute atomic E-state index is 12.0. The zero-order valence-electron chi connectivity index (χ0n) is 9.83. The fourth-order valence-corrected chi connectivity index (χ4v) is 2.12. The van der Waals surface area contributed by atoms with E-state index in [2.05, 4.69) is 24.8 Å². The zero-order valence-corrected chi connectivity index (χ0v) is 9.83. The van der Waals surface area contributed by atoms with E-state index in [1.54, 1.807) is 18.5 Å². The van der Waals surface area contributed by atoms with E-state index in [0.717, 1.165) is 37.4 Å². The molecule has 6 heteroatoms. The van der Waals surface area contributed by atoms with E-state index in [0.29, 0.717) is 5.69 Å². The minimum Gasteiger partial charge on any atom is -0.315 e. The van der Waals surface area contributed by atoms with Crippen LogP contribution in [0, 0.1) is 0 Å². The Morgan fingerprint density at radius 2 is 2.28 bits per heavy atom. The summed E-state index contributed by atoms with van der Waals surface area (Å²) in [5.74, 6) is 1.55. The molecule has 0 bridgehead atoms. The van der Waals surface area contributed by atoms with Crippen molar-refractivity contribution >= 4 is 11.7 Å². The Morgan fingerprint density at radius 3 is 3.11 bits per heavy atom. The number of amides is 1. The van der Waals surface area contributed by atoms with Crippen LogP contribution >= 0.6 is 0 Å². The highest BCUT2D eigenvalue weighted by atomic mass is 16.2. The van der Waals surface area contributed by atoms with Gasteiger partial charge in [-0.2, -0.15) is 0 Å². The van der Waals surface area contributed by atoms with Crippen LogP contribution in [0.2, 0.25) is 0 Å². The number of rotatable bonds is 2. The summed E-state index contributed by atoms with van der Waals surface area (Å²) in [6, 6.07) is 1.59. The van der Waals surface area contributed by atoms with Gasteiger partial charge in [0.1, 0.15) is 23.7 Å². The SMILES string of the molecule is O=C(Nc1cnc2n1CCCC2)c1ccncn1. The first-order valence-electron chi connectivity index (χ1n) is 5.96. The molecule has 0 saturated carbocycles. The number of fused-ring (bicyclic) bond motifs is 1. The summed E-state index contributed by atoms with van der Waals surface area (Å²) in [5.41, 5.74) is 0.358. The molecule has 1 amide bonds. The van der Waals surface area contributed by atoms with Crippen molar-refractivity contribution in [2.24, 2.45) is 0 Å². The van der Waals surface area contributed by atoms with Crippen molar-refractivity contribution < 1.29 is 4.79 Å².